The van der Waals surface area contributed by atoms with Gasteiger partial charge in [0.25, 0.3) is 0 Å². The van der Waals surface area contributed by atoms with Gasteiger partial charge in [0.2, 0.25) is 5.96 Å². The Balaban J connectivity index is 3.55. The molecule has 0 atom stereocenters. The van der Waals surface area contributed by atoms with Crippen LogP contribution in [0.3, 0.4) is 0 Å². The normalized spacial score (nSPS) is 12.8. The van der Waals surface area contributed by atoms with Gasteiger partial charge in [-0.15, -0.1) is 11.6 Å². The molecule has 4 N–H and O–H groups in total. The summed E-state index contributed by atoms with van der Waals surface area (Å²) in [5.41, 5.74) is 10.1. The zero-order valence-corrected chi connectivity index (χ0v) is 5.67. The van der Waals surface area contributed by atoms with Crippen molar-refractivity contribution < 1.29 is 0 Å². The van der Waals surface area contributed by atoms with E-state index in [0.717, 1.165) is 6.34 Å². The van der Waals surface area contributed by atoms with Gasteiger partial charge in [-0.1, -0.05) is 0 Å². The van der Waals surface area contributed by atoms with Crippen LogP contribution < -0.4 is 11.5 Å². The minimum absolute atomic E-state index is 0.165. The van der Waals surface area contributed by atoms with Crippen LogP contribution >= 0.6 is 11.6 Å². The molecule has 0 aliphatic rings. The van der Waals surface area contributed by atoms with Crippen molar-refractivity contribution >= 4 is 23.9 Å². The Morgan fingerprint density at radius 3 is 2.78 bits per heavy atom. The summed E-state index contributed by atoms with van der Waals surface area (Å²) in [6.45, 7) is 0.477. The monoisotopic (exact) mass is 148 g/mol. The fraction of sp³-hybridized carbons (Fsp3) is 0.500. The van der Waals surface area contributed by atoms with Crippen LogP contribution in [0.4, 0.5) is 0 Å². The summed E-state index contributed by atoms with van der Waals surface area (Å²) in [5, 5.41) is 0. The van der Waals surface area contributed by atoms with Gasteiger partial charge in [-0.25, -0.2) is 4.99 Å². The number of aliphatic imine (C=N–C) groups is 2. The van der Waals surface area contributed by atoms with Gasteiger partial charge < -0.3 is 11.5 Å². The Morgan fingerprint density at radius 2 is 2.33 bits per heavy atom. The van der Waals surface area contributed by atoms with Crippen molar-refractivity contribution in [3.8, 4) is 0 Å². The highest BCUT2D eigenvalue weighted by Crippen LogP contribution is 1.76. The molecule has 0 aromatic heterocycles. The zero-order valence-electron chi connectivity index (χ0n) is 4.92. The van der Waals surface area contributed by atoms with E-state index >= 15 is 0 Å². The maximum atomic E-state index is 5.30. The number of nitrogens with zero attached hydrogens (tertiary/aromatic N) is 2. The summed E-state index contributed by atoms with van der Waals surface area (Å²) in [5.74, 6) is 0.610. The van der Waals surface area contributed by atoms with Gasteiger partial charge in [-0.3, -0.25) is 4.99 Å². The lowest BCUT2D eigenvalue weighted by Crippen LogP contribution is -2.11. The summed E-state index contributed by atoms with van der Waals surface area (Å²) < 4.78 is 0. The van der Waals surface area contributed by atoms with E-state index in [9.17, 15) is 0 Å². The van der Waals surface area contributed by atoms with E-state index in [1.807, 2.05) is 0 Å². The molecular weight excluding hydrogens is 140 g/mol. The first-order chi connectivity index (χ1) is 4.31. The summed E-state index contributed by atoms with van der Waals surface area (Å²) in [4.78, 5) is 7.20. The largest absolute Gasteiger partial charge is 0.390 e. The van der Waals surface area contributed by atoms with Crippen LogP contribution in [0.25, 0.3) is 0 Å². The molecule has 0 spiro atoms. The number of nitrogens with two attached hydrogens (primary N) is 2. The molecule has 0 radical (unpaired) electrons. The number of hydrogen-bond donors (Lipinski definition) is 2. The molecular formula is C4H9ClN4. The van der Waals surface area contributed by atoms with E-state index < -0.39 is 0 Å². The molecule has 0 rings (SSSR count). The van der Waals surface area contributed by atoms with Crippen LogP contribution in [0, 0.1) is 0 Å². The molecule has 0 saturated heterocycles. The van der Waals surface area contributed by atoms with Crippen molar-refractivity contribution in [2.24, 2.45) is 21.5 Å². The molecule has 0 aromatic rings. The van der Waals surface area contributed by atoms with E-state index in [1.165, 1.54) is 0 Å². The van der Waals surface area contributed by atoms with Crippen molar-refractivity contribution in [1.82, 2.24) is 0 Å². The molecule has 0 unspecified atom stereocenters. The number of rotatable bonds is 2. The van der Waals surface area contributed by atoms with E-state index in [4.69, 9.17) is 23.1 Å². The SMILES string of the molecule is N/C=N\C(N)=NCCCl. The van der Waals surface area contributed by atoms with Gasteiger partial charge in [0, 0.05) is 5.88 Å². The second-order valence-corrected chi connectivity index (χ2v) is 1.59. The maximum Gasteiger partial charge on any atom is 0.216 e. The van der Waals surface area contributed by atoms with Crippen LogP contribution in [-0.2, 0) is 0 Å². The predicted octanol–water partition coefficient (Wildman–Crippen LogP) is -0.473. The van der Waals surface area contributed by atoms with Crippen molar-refractivity contribution in [3.05, 3.63) is 0 Å². The molecule has 52 valence electrons. The number of hydrogen-bond acceptors (Lipinski definition) is 1. The summed E-state index contributed by atoms with van der Waals surface area (Å²) in [7, 11) is 0. The van der Waals surface area contributed by atoms with Crippen molar-refractivity contribution in [2.75, 3.05) is 12.4 Å². The van der Waals surface area contributed by atoms with Gasteiger partial charge in [0.15, 0.2) is 0 Å². The second-order valence-electron chi connectivity index (χ2n) is 1.21. The van der Waals surface area contributed by atoms with Crippen molar-refractivity contribution in [3.63, 3.8) is 0 Å². The average Bonchev–Trinajstić information content (AvgIpc) is 1.85. The molecule has 0 saturated carbocycles. The Hall–Kier alpha value is -0.770. The lowest BCUT2D eigenvalue weighted by molar-refractivity contribution is 1.12. The van der Waals surface area contributed by atoms with E-state index in [1.54, 1.807) is 0 Å². The first kappa shape index (κ1) is 8.23. The molecule has 9 heavy (non-hydrogen) atoms. The van der Waals surface area contributed by atoms with Gasteiger partial charge in [0.1, 0.15) is 0 Å². The smallest absolute Gasteiger partial charge is 0.216 e. The van der Waals surface area contributed by atoms with Gasteiger partial charge in [-0.2, -0.15) is 0 Å². The van der Waals surface area contributed by atoms with Gasteiger partial charge in [0.05, 0.1) is 12.9 Å². The van der Waals surface area contributed by atoms with Gasteiger partial charge >= 0.3 is 0 Å². The van der Waals surface area contributed by atoms with Crippen LogP contribution in [0.2, 0.25) is 0 Å². The minimum Gasteiger partial charge on any atom is -0.390 e. The fourth-order valence-electron chi connectivity index (χ4n) is 0.274. The molecule has 0 fully saturated rings. The molecule has 0 heterocycles. The Morgan fingerprint density at radius 1 is 1.67 bits per heavy atom. The van der Waals surface area contributed by atoms with Crippen LogP contribution in [0.5, 0.6) is 0 Å². The molecule has 0 aromatic carbocycles. The van der Waals surface area contributed by atoms with E-state index in [2.05, 4.69) is 9.98 Å². The molecule has 0 amide bonds. The summed E-state index contributed by atoms with van der Waals surface area (Å²) in [6.07, 6.45) is 1.09. The third kappa shape index (κ3) is 5.10. The van der Waals surface area contributed by atoms with Gasteiger partial charge in [-0.05, 0) is 0 Å². The topological polar surface area (TPSA) is 76.8 Å². The van der Waals surface area contributed by atoms with E-state index in [0.29, 0.717) is 12.4 Å². The first-order valence-electron chi connectivity index (χ1n) is 2.41. The molecule has 5 heteroatoms. The van der Waals surface area contributed by atoms with Crippen LogP contribution in [0.1, 0.15) is 0 Å². The number of guanidine groups is 1. The number of alkyl halides is 1. The lowest BCUT2D eigenvalue weighted by Gasteiger charge is -1.87. The highest BCUT2D eigenvalue weighted by molar-refractivity contribution is 6.18. The Kier molecular flexibility index (Phi) is 4.91. The minimum atomic E-state index is 0.165. The first-order valence-corrected chi connectivity index (χ1v) is 2.95. The maximum absolute atomic E-state index is 5.30. The van der Waals surface area contributed by atoms with Crippen LogP contribution in [-0.4, -0.2) is 24.7 Å². The average molecular weight is 149 g/mol. The molecule has 0 bridgehead atoms. The second kappa shape index (κ2) is 5.37. The van der Waals surface area contributed by atoms with E-state index in [-0.39, 0.29) is 5.96 Å². The quantitative estimate of drug-likeness (QED) is 0.316. The Labute approximate surface area is 58.6 Å². The summed E-state index contributed by atoms with van der Waals surface area (Å²) in [6, 6.07) is 0. The molecule has 0 aliphatic carbocycles. The highest BCUT2D eigenvalue weighted by atomic mass is 35.5. The van der Waals surface area contributed by atoms with Crippen molar-refractivity contribution in [2.45, 2.75) is 0 Å². The molecule has 4 nitrogen and oxygen atoms in total. The third-order valence-electron chi connectivity index (χ3n) is 0.565. The Bertz CT molecular complexity index is 120. The lowest BCUT2D eigenvalue weighted by atomic mass is 10.8. The third-order valence-corrected chi connectivity index (χ3v) is 0.734. The standard InChI is InChI=1S/C4H9ClN4/c5-1-2-8-4(7)9-3-6/h3H,1-2H2,(H4,6,7,8,9). The summed E-state index contributed by atoms with van der Waals surface area (Å²) >= 11 is 5.30. The number of halogens is 1. The van der Waals surface area contributed by atoms with Crippen molar-refractivity contribution in [1.29, 1.82) is 0 Å². The highest BCUT2D eigenvalue weighted by Gasteiger charge is 1.81. The van der Waals surface area contributed by atoms with Crippen LogP contribution in [0.15, 0.2) is 9.98 Å². The fourth-order valence-corrected chi connectivity index (χ4v) is 0.359. The predicted molar refractivity (Wildman–Crippen MR) is 39.9 cm³/mol. The molecule has 0 aliphatic heterocycles. The zero-order chi connectivity index (χ0) is 7.11.